The van der Waals surface area contributed by atoms with Gasteiger partial charge in [-0.15, -0.1) is 11.3 Å². The predicted molar refractivity (Wildman–Crippen MR) is 131 cm³/mol. The van der Waals surface area contributed by atoms with Crippen LogP contribution in [0, 0.1) is 23.7 Å². The van der Waals surface area contributed by atoms with Crippen molar-refractivity contribution in [1.82, 2.24) is 4.31 Å². The summed E-state index contributed by atoms with van der Waals surface area (Å²) in [5.74, 6) is 2.33. The van der Waals surface area contributed by atoms with Crippen LogP contribution in [0.25, 0.3) is 0 Å². The van der Waals surface area contributed by atoms with Crippen molar-refractivity contribution in [3.8, 4) is 0 Å². The van der Waals surface area contributed by atoms with E-state index < -0.39 is 10.0 Å². The van der Waals surface area contributed by atoms with Gasteiger partial charge in [0, 0.05) is 18.8 Å². The summed E-state index contributed by atoms with van der Waals surface area (Å²) in [4.78, 5) is 13.0. The van der Waals surface area contributed by atoms with Gasteiger partial charge in [-0.05, 0) is 104 Å². The van der Waals surface area contributed by atoms with E-state index in [0.29, 0.717) is 29.0 Å². The van der Waals surface area contributed by atoms with Gasteiger partial charge in [0.05, 0.1) is 5.92 Å². The molecular formula is C26H32N2O3S2. The van der Waals surface area contributed by atoms with Crippen LogP contribution in [-0.4, -0.2) is 31.7 Å². The number of sulfonamides is 1. The summed E-state index contributed by atoms with van der Waals surface area (Å²) in [6.07, 6.45) is 9.74. The molecule has 0 spiro atoms. The Morgan fingerprint density at radius 3 is 2.27 bits per heavy atom. The summed E-state index contributed by atoms with van der Waals surface area (Å²) in [5, 5.41) is 4.83. The summed E-state index contributed by atoms with van der Waals surface area (Å²) in [6, 6.07) is 12.0. The number of amides is 1. The van der Waals surface area contributed by atoms with Gasteiger partial charge in [-0.1, -0.05) is 18.2 Å². The van der Waals surface area contributed by atoms with E-state index in [-0.39, 0.29) is 18.4 Å². The average Bonchev–Trinajstić information content (AvgIpc) is 3.35. The normalized spacial score (nSPS) is 33.8. The number of benzene rings is 1. The lowest BCUT2D eigenvalue weighted by Gasteiger charge is -2.57. The van der Waals surface area contributed by atoms with Gasteiger partial charge in [0.25, 0.3) is 10.0 Å². The maximum Gasteiger partial charge on any atom is 0.252 e. The highest BCUT2D eigenvalue weighted by Gasteiger charge is 2.51. The van der Waals surface area contributed by atoms with Gasteiger partial charge in [0.15, 0.2) is 0 Å². The molecule has 1 aliphatic heterocycles. The predicted octanol–water partition coefficient (Wildman–Crippen LogP) is 5.26. The molecule has 7 heteroatoms. The van der Waals surface area contributed by atoms with Crippen molar-refractivity contribution in [3.63, 3.8) is 0 Å². The van der Waals surface area contributed by atoms with Crippen LogP contribution >= 0.6 is 11.3 Å². The second-order valence-electron chi connectivity index (χ2n) is 10.9. The topological polar surface area (TPSA) is 66.5 Å². The summed E-state index contributed by atoms with van der Waals surface area (Å²) in [6.45, 7) is 0.723. The lowest BCUT2D eigenvalue weighted by molar-refractivity contribution is -0.120. The van der Waals surface area contributed by atoms with Crippen LogP contribution in [0.4, 0.5) is 5.69 Å². The van der Waals surface area contributed by atoms with Gasteiger partial charge in [-0.3, -0.25) is 4.79 Å². The highest BCUT2D eigenvalue weighted by molar-refractivity contribution is 7.91. The van der Waals surface area contributed by atoms with Crippen molar-refractivity contribution in [3.05, 3.63) is 47.3 Å². The Balaban J connectivity index is 1.12. The third-order valence-corrected chi connectivity index (χ3v) is 11.9. The van der Waals surface area contributed by atoms with Crippen LogP contribution < -0.4 is 5.32 Å². The molecule has 1 saturated heterocycles. The number of carbonyl (C=O) groups excluding carboxylic acids is 1. The van der Waals surface area contributed by atoms with E-state index in [0.717, 1.165) is 23.4 Å². The Morgan fingerprint density at radius 2 is 1.67 bits per heavy atom. The van der Waals surface area contributed by atoms with Crippen molar-refractivity contribution in [2.75, 3.05) is 18.4 Å². The number of piperidine rings is 1. The third-order valence-electron chi connectivity index (χ3n) is 8.65. The molecule has 1 aromatic carbocycles. The summed E-state index contributed by atoms with van der Waals surface area (Å²) in [7, 11) is -3.51. The zero-order valence-electron chi connectivity index (χ0n) is 18.9. The first-order valence-electron chi connectivity index (χ1n) is 12.4. The van der Waals surface area contributed by atoms with Crippen LogP contribution in [0.2, 0.25) is 0 Å². The van der Waals surface area contributed by atoms with Gasteiger partial charge in [-0.2, -0.15) is 4.31 Å². The van der Waals surface area contributed by atoms with E-state index in [1.165, 1.54) is 59.7 Å². The Labute approximate surface area is 200 Å². The van der Waals surface area contributed by atoms with Gasteiger partial charge in [0.1, 0.15) is 4.21 Å². The fraction of sp³-hybridized carbons (Fsp3) is 0.577. The van der Waals surface area contributed by atoms with Crippen LogP contribution in [0.5, 0.6) is 0 Å². The molecule has 1 N–H and O–H groups in total. The third kappa shape index (κ3) is 3.96. The first-order chi connectivity index (χ1) is 15.9. The number of nitrogens with zero attached hydrogens (tertiary/aromatic N) is 1. The molecule has 5 nitrogen and oxygen atoms in total. The van der Waals surface area contributed by atoms with Crippen LogP contribution in [-0.2, 0) is 20.2 Å². The van der Waals surface area contributed by atoms with Crippen LogP contribution in [0.3, 0.4) is 0 Å². The van der Waals surface area contributed by atoms with Gasteiger partial charge >= 0.3 is 0 Å². The number of rotatable bonds is 5. The molecule has 0 unspecified atom stereocenters. The summed E-state index contributed by atoms with van der Waals surface area (Å²) < 4.78 is 27.6. The smallest absolute Gasteiger partial charge is 0.252 e. The highest BCUT2D eigenvalue weighted by atomic mass is 32.2. The van der Waals surface area contributed by atoms with Gasteiger partial charge in [-0.25, -0.2) is 8.42 Å². The maximum absolute atomic E-state index is 13.0. The first kappa shape index (κ1) is 21.8. The Morgan fingerprint density at radius 1 is 1.00 bits per heavy atom. The largest absolute Gasteiger partial charge is 0.326 e. The fourth-order valence-corrected chi connectivity index (χ4v) is 10.2. The second-order valence-corrected chi connectivity index (χ2v) is 14.0. The Bertz CT molecular complexity index is 1090. The number of hydrogen-bond acceptors (Lipinski definition) is 4. The molecule has 1 atom stereocenters. The van der Waals surface area contributed by atoms with Crippen LogP contribution in [0.1, 0.15) is 56.9 Å². The average molecular weight is 485 g/mol. The van der Waals surface area contributed by atoms with Gasteiger partial charge in [0.2, 0.25) is 5.91 Å². The SMILES string of the molecule is O=C(Nc1ccc(C23CC4CC(CC(C4)C2)C3)cc1)[C@H]1CCCN(S(=O)(=O)c2cccs2)C1. The summed E-state index contributed by atoms with van der Waals surface area (Å²) >= 11 is 1.23. The van der Waals surface area contributed by atoms with E-state index in [2.05, 4.69) is 29.6 Å². The van der Waals surface area contributed by atoms with Crippen molar-refractivity contribution < 1.29 is 13.2 Å². The fourth-order valence-electron chi connectivity index (χ4n) is 7.53. The zero-order chi connectivity index (χ0) is 22.6. The molecule has 2 aromatic rings. The van der Waals surface area contributed by atoms with E-state index in [4.69, 9.17) is 0 Å². The van der Waals surface area contributed by atoms with E-state index >= 15 is 0 Å². The second kappa shape index (κ2) is 8.21. The molecule has 7 rings (SSSR count). The number of thiophene rings is 1. The monoisotopic (exact) mass is 484 g/mol. The van der Waals surface area contributed by atoms with E-state index in [1.54, 1.807) is 17.5 Å². The first-order valence-corrected chi connectivity index (χ1v) is 14.7. The minimum absolute atomic E-state index is 0.0800. The molecule has 4 saturated carbocycles. The maximum atomic E-state index is 13.0. The molecule has 176 valence electrons. The van der Waals surface area contributed by atoms with Crippen molar-refractivity contribution in [2.24, 2.45) is 23.7 Å². The molecule has 1 aromatic heterocycles. The molecule has 5 aliphatic rings. The number of anilines is 1. The molecular weight excluding hydrogens is 452 g/mol. The molecule has 4 bridgehead atoms. The standard InChI is InChI=1S/C26H32N2O3S2/c29-25(21-3-1-9-28(17-21)33(30,31)24-4-2-10-32-24)27-23-7-5-22(6-8-23)26-14-18-11-19(15-26)13-20(12-18)16-26/h2,4-8,10,18-21H,1,3,9,11-17H2,(H,27,29)/t18?,19?,20?,21-,26?/m0/s1. The molecule has 5 fully saturated rings. The minimum atomic E-state index is -3.51. The highest BCUT2D eigenvalue weighted by Crippen LogP contribution is 2.60. The van der Waals surface area contributed by atoms with E-state index in [9.17, 15) is 13.2 Å². The van der Waals surface area contributed by atoms with E-state index in [1.807, 2.05) is 0 Å². The quantitative estimate of drug-likeness (QED) is 0.630. The van der Waals surface area contributed by atoms with Gasteiger partial charge < -0.3 is 5.32 Å². The Kier molecular flexibility index (Phi) is 5.42. The zero-order valence-corrected chi connectivity index (χ0v) is 20.5. The molecule has 4 aliphatic carbocycles. The Hall–Kier alpha value is -1.70. The number of hydrogen-bond donors (Lipinski definition) is 1. The summed E-state index contributed by atoms with van der Waals surface area (Å²) in [5.41, 5.74) is 2.62. The number of carbonyl (C=O) groups is 1. The lowest BCUT2D eigenvalue weighted by Crippen LogP contribution is -2.48. The molecule has 2 heterocycles. The van der Waals surface area contributed by atoms with Crippen molar-refractivity contribution >= 4 is 33.0 Å². The number of nitrogens with one attached hydrogen (secondary N) is 1. The van der Waals surface area contributed by atoms with Crippen LogP contribution in [0.15, 0.2) is 46.0 Å². The lowest BCUT2D eigenvalue weighted by atomic mass is 9.48. The van der Waals surface area contributed by atoms with Crippen molar-refractivity contribution in [1.29, 1.82) is 0 Å². The molecule has 1 amide bonds. The molecule has 0 radical (unpaired) electrons. The van der Waals surface area contributed by atoms with Crippen molar-refractivity contribution in [2.45, 2.75) is 61.0 Å². The molecule has 33 heavy (non-hydrogen) atoms. The minimum Gasteiger partial charge on any atom is -0.326 e.